The van der Waals surface area contributed by atoms with Gasteiger partial charge in [0, 0.05) is 29.8 Å². The molecule has 2 aromatic heterocycles. The van der Waals surface area contributed by atoms with Gasteiger partial charge in [-0.05, 0) is 36.2 Å². The quantitative estimate of drug-likeness (QED) is 0.392. The number of para-hydroxylation sites is 2. The van der Waals surface area contributed by atoms with Gasteiger partial charge in [0.25, 0.3) is 0 Å². The molecule has 0 aliphatic heterocycles. The number of nitrogens with one attached hydrogen (secondary N) is 3. The highest BCUT2D eigenvalue weighted by molar-refractivity contribution is 6.39. The number of nitrogens with zero attached hydrogens (tertiary/aromatic N) is 2. The van der Waals surface area contributed by atoms with E-state index in [9.17, 15) is 0 Å². The summed E-state index contributed by atoms with van der Waals surface area (Å²) in [5.41, 5.74) is 3.02. The first-order chi connectivity index (χ1) is 13.2. The predicted octanol–water partition coefficient (Wildman–Crippen LogP) is 5.66. The van der Waals surface area contributed by atoms with Gasteiger partial charge in [-0.25, -0.2) is 4.98 Å². The number of aromatic nitrogens is 3. The van der Waals surface area contributed by atoms with E-state index in [1.54, 1.807) is 24.4 Å². The molecule has 0 radical (unpaired) electrons. The third-order valence-electron chi connectivity index (χ3n) is 4.23. The minimum Gasteiger partial charge on any atom is -0.370 e. The first-order valence-corrected chi connectivity index (χ1v) is 9.29. The van der Waals surface area contributed by atoms with Crippen molar-refractivity contribution in [3.05, 3.63) is 76.5 Å². The van der Waals surface area contributed by atoms with Gasteiger partial charge in [0.1, 0.15) is 5.82 Å². The van der Waals surface area contributed by atoms with E-state index in [0.717, 1.165) is 24.3 Å². The van der Waals surface area contributed by atoms with E-state index in [0.29, 0.717) is 21.7 Å². The fraction of sp³-hybridized carbons (Fsp3) is 0.100. The summed E-state index contributed by atoms with van der Waals surface area (Å²) in [5.74, 6) is 1.16. The summed E-state index contributed by atoms with van der Waals surface area (Å²) in [6.45, 7) is 0.755. The molecule has 0 saturated carbocycles. The molecule has 5 nitrogen and oxygen atoms in total. The van der Waals surface area contributed by atoms with Crippen molar-refractivity contribution in [2.45, 2.75) is 6.42 Å². The topological polar surface area (TPSA) is 65.6 Å². The molecule has 4 rings (SSSR count). The fourth-order valence-corrected chi connectivity index (χ4v) is 3.40. The molecule has 4 aromatic rings. The van der Waals surface area contributed by atoms with Gasteiger partial charge in [-0.3, -0.25) is 0 Å². The molecular formula is C20H17Cl2N5. The Morgan fingerprint density at radius 3 is 2.63 bits per heavy atom. The van der Waals surface area contributed by atoms with Crippen LogP contribution in [0.4, 0.5) is 17.5 Å². The minimum atomic E-state index is 0.432. The normalized spacial score (nSPS) is 10.9. The third-order valence-corrected chi connectivity index (χ3v) is 4.86. The minimum absolute atomic E-state index is 0.432. The van der Waals surface area contributed by atoms with E-state index >= 15 is 0 Å². The Hall–Kier alpha value is -2.76. The Kier molecular flexibility index (Phi) is 5.14. The molecule has 27 heavy (non-hydrogen) atoms. The number of aromatic amines is 1. The van der Waals surface area contributed by atoms with E-state index in [2.05, 4.69) is 50.0 Å². The maximum Gasteiger partial charge on any atom is 0.229 e. The predicted molar refractivity (Wildman–Crippen MR) is 112 cm³/mol. The highest BCUT2D eigenvalue weighted by Gasteiger charge is 2.08. The van der Waals surface area contributed by atoms with Crippen molar-refractivity contribution >= 4 is 51.6 Å². The van der Waals surface area contributed by atoms with E-state index in [4.69, 9.17) is 23.2 Å². The largest absolute Gasteiger partial charge is 0.370 e. The summed E-state index contributed by atoms with van der Waals surface area (Å²) < 4.78 is 0. The number of hydrogen-bond donors (Lipinski definition) is 3. The van der Waals surface area contributed by atoms with Gasteiger partial charge >= 0.3 is 0 Å². The van der Waals surface area contributed by atoms with Crippen LogP contribution in [0.1, 0.15) is 5.56 Å². The molecule has 2 heterocycles. The highest BCUT2D eigenvalue weighted by atomic mass is 35.5. The Morgan fingerprint density at radius 1 is 0.963 bits per heavy atom. The molecule has 3 N–H and O–H groups in total. The number of fused-ring (bicyclic) bond motifs is 1. The smallest absolute Gasteiger partial charge is 0.229 e. The van der Waals surface area contributed by atoms with Gasteiger partial charge in [-0.2, -0.15) is 4.98 Å². The van der Waals surface area contributed by atoms with E-state index in [1.165, 1.54) is 10.9 Å². The lowest BCUT2D eigenvalue weighted by Gasteiger charge is -2.10. The van der Waals surface area contributed by atoms with Gasteiger partial charge in [0.05, 0.1) is 15.7 Å². The fourth-order valence-electron chi connectivity index (χ4n) is 2.91. The Labute approximate surface area is 166 Å². The molecule has 0 saturated heterocycles. The molecule has 0 fully saturated rings. The average molecular weight is 398 g/mol. The summed E-state index contributed by atoms with van der Waals surface area (Å²) in [6.07, 6.45) is 4.62. The number of rotatable bonds is 6. The van der Waals surface area contributed by atoms with Crippen LogP contribution in [0.5, 0.6) is 0 Å². The van der Waals surface area contributed by atoms with Gasteiger partial charge in [-0.15, -0.1) is 0 Å². The van der Waals surface area contributed by atoms with E-state index in [1.807, 2.05) is 12.1 Å². The summed E-state index contributed by atoms with van der Waals surface area (Å²) in [5, 5.41) is 8.69. The molecule has 0 unspecified atom stereocenters. The lowest BCUT2D eigenvalue weighted by atomic mass is 10.1. The van der Waals surface area contributed by atoms with Crippen LogP contribution < -0.4 is 10.6 Å². The first kappa shape index (κ1) is 17.6. The van der Waals surface area contributed by atoms with Crippen LogP contribution in [0.25, 0.3) is 10.9 Å². The lowest BCUT2D eigenvalue weighted by molar-refractivity contribution is 1.01. The van der Waals surface area contributed by atoms with Crippen LogP contribution in [0.15, 0.2) is 60.9 Å². The summed E-state index contributed by atoms with van der Waals surface area (Å²) in [4.78, 5) is 12.0. The Morgan fingerprint density at radius 2 is 1.78 bits per heavy atom. The van der Waals surface area contributed by atoms with Crippen molar-refractivity contribution in [1.82, 2.24) is 15.0 Å². The second kappa shape index (κ2) is 7.86. The van der Waals surface area contributed by atoms with Crippen molar-refractivity contribution in [1.29, 1.82) is 0 Å². The zero-order chi connectivity index (χ0) is 18.6. The molecule has 136 valence electrons. The number of benzene rings is 2. The van der Waals surface area contributed by atoms with Crippen LogP contribution in [0.2, 0.25) is 10.0 Å². The summed E-state index contributed by atoms with van der Waals surface area (Å²) in [7, 11) is 0. The SMILES string of the molecule is Clc1cccc(Cl)c1Nc1nccc(NCCc2c[nH]c3ccccc23)n1. The summed E-state index contributed by atoms with van der Waals surface area (Å²) >= 11 is 12.4. The third kappa shape index (κ3) is 3.99. The molecule has 0 spiro atoms. The van der Waals surface area contributed by atoms with Crippen molar-refractivity contribution in [2.24, 2.45) is 0 Å². The highest BCUT2D eigenvalue weighted by Crippen LogP contribution is 2.31. The van der Waals surface area contributed by atoms with Gasteiger partial charge in [0.15, 0.2) is 0 Å². The second-order valence-corrected chi connectivity index (χ2v) is 6.84. The standard InChI is InChI=1S/C20H17Cl2N5/c21-15-5-3-6-16(22)19(15)27-20-24-11-9-18(26-20)23-10-8-13-12-25-17-7-2-1-4-14(13)17/h1-7,9,11-12,25H,8,10H2,(H2,23,24,26,27). The maximum absolute atomic E-state index is 6.19. The molecule has 0 aliphatic rings. The van der Waals surface area contributed by atoms with Crippen molar-refractivity contribution in [3.63, 3.8) is 0 Å². The molecule has 2 aromatic carbocycles. The van der Waals surface area contributed by atoms with E-state index < -0.39 is 0 Å². The zero-order valence-electron chi connectivity index (χ0n) is 14.3. The zero-order valence-corrected chi connectivity index (χ0v) is 15.8. The van der Waals surface area contributed by atoms with Gasteiger partial charge in [0.2, 0.25) is 5.95 Å². The summed E-state index contributed by atoms with van der Waals surface area (Å²) in [6, 6.07) is 15.4. The lowest BCUT2D eigenvalue weighted by Crippen LogP contribution is -2.07. The molecular weight excluding hydrogens is 381 g/mol. The number of anilines is 3. The van der Waals surface area contributed by atoms with Crippen LogP contribution in [-0.4, -0.2) is 21.5 Å². The van der Waals surface area contributed by atoms with Crippen molar-refractivity contribution < 1.29 is 0 Å². The molecule has 0 aliphatic carbocycles. The first-order valence-electron chi connectivity index (χ1n) is 8.53. The maximum atomic E-state index is 6.19. The monoisotopic (exact) mass is 397 g/mol. The van der Waals surface area contributed by atoms with Crippen molar-refractivity contribution in [3.8, 4) is 0 Å². The van der Waals surface area contributed by atoms with Crippen LogP contribution in [0.3, 0.4) is 0 Å². The van der Waals surface area contributed by atoms with Gasteiger partial charge in [-0.1, -0.05) is 47.5 Å². The van der Waals surface area contributed by atoms with Crippen LogP contribution in [0, 0.1) is 0 Å². The van der Waals surface area contributed by atoms with E-state index in [-0.39, 0.29) is 0 Å². The Balaban J connectivity index is 1.42. The molecule has 0 bridgehead atoms. The van der Waals surface area contributed by atoms with Gasteiger partial charge < -0.3 is 15.6 Å². The number of hydrogen-bond acceptors (Lipinski definition) is 4. The van der Waals surface area contributed by atoms with Crippen LogP contribution in [-0.2, 0) is 6.42 Å². The average Bonchev–Trinajstić information content (AvgIpc) is 3.09. The molecule has 0 amide bonds. The van der Waals surface area contributed by atoms with Crippen molar-refractivity contribution in [2.75, 3.05) is 17.2 Å². The number of halogens is 2. The molecule has 7 heteroatoms. The Bertz CT molecular complexity index is 1060. The number of H-pyrrole nitrogens is 1. The molecule has 0 atom stereocenters. The second-order valence-electron chi connectivity index (χ2n) is 6.02. The van der Waals surface area contributed by atoms with Crippen LogP contribution >= 0.6 is 23.2 Å².